The van der Waals surface area contributed by atoms with E-state index in [0.29, 0.717) is 6.61 Å². The summed E-state index contributed by atoms with van der Waals surface area (Å²) in [6, 6.07) is 5.73. The maximum absolute atomic E-state index is 11.5. The number of halogens is 1. The van der Waals surface area contributed by atoms with Crippen molar-refractivity contribution in [2.75, 3.05) is 6.61 Å². The van der Waals surface area contributed by atoms with E-state index in [1.165, 1.54) is 0 Å². The average Bonchev–Trinajstić information content (AvgIpc) is 2.20. The average molecular weight is 315 g/mol. The molecule has 0 heterocycles. The van der Waals surface area contributed by atoms with Crippen molar-refractivity contribution in [3.8, 4) is 5.75 Å². The van der Waals surface area contributed by atoms with Crippen molar-refractivity contribution in [2.45, 2.75) is 39.7 Å². The molecular formula is C14H19BrO3. The number of hydrogen-bond acceptors (Lipinski definition) is 3. The van der Waals surface area contributed by atoms with E-state index in [9.17, 15) is 4.79 Å². The number of aryl methyl sites for hydroxylation is 1. The minimum Gasteiger partial charge on any atom is -0.493 e. The lowest BCUT2D eigenvalue weighted by Crippen LogP contribution is -2.24. The fraction of sp³-hybridized carbons (Fsp3) is 0.500. The van der Waals surface area contributed by atoms with Crippen molar-refractivity contribution in [1.29, 1.82) is 0 Å². The number of hydrogen-bond donors (Lipinski definition) is 0. The fourth-order valence-electron chi connectivity index (χ4n) is 1.35. The zero-order valence-corrected chi connectivity index (χ0v) is 12.8. The van der Waals surface area contributed by atoms with E-state index in [1.54, 1.807) is 0 Å². The molecule has 0 aromatic heterocycles. The summed E-state index contributed by atoms with van der Waals surface area (Å²) in [5, 5.41) is 0. The Morgan fingerprint density at radius 3 is 2.56 bits per heavy atom. The summed E-state index contributed by atoms with van der Waals surface area (Å²) < 4.78 is 11.7. The van der Waals surface area contributed by atoms with Gasteiger partial charge in [0.05, 0.1) is 13.0 Å². The van der Waals surface area contributed by atoms with Crippen LogP contribution in [0.15, 0.2) is 22.7 Å². The Labute approximate surface area is 117 Å². The molecule has 0 radical (unpaired) electrons. The van der Waals surface area contributed by atoms with Crippen LogP contribution in [0.25, 0.3) is 0 Å². The third-order valence-corrected chi connectivity index (χ3v) is 3.01. The number of esters is 1. The molecule has 0 aliphatic heterocycles. The molecule has 0 fully saturated rings. The highest BCUT2D eigenvalue weighted by molar-refractivity contribution is 9.10. The Morgan fingerprint density at radius 1 is 1.33 bits per heavy atom. The first-order valence-electron chi connectivity index (χ1n) is 5.89. The van der Waals surface area contributed by atoms with Gasteiger partial charge < -0.3 is 9.47 Å². The molecule has 0 aliphatic rings. The van der Waals surface area contributed by atoms with E-state index >= 15 is 0 Å². The second kappa shape index (κ2) is 6.23. The van der Waals surface area contributed by atoms with Crippen molar-refractivity contribution >= 4 is 21.9 Å². The van der Waals surface area contributed by atoms with Gasteiger partial charge in [-0.2, -0.15) is 0 Å². The van der Waals surface area contributed by atoms with E-state index < -0.39 is 5.60 Å². The van der Waals surface area contributed by atoms with Gasteiger partial charge in [0.2, 0.25) is 0 Å². The Balaban J connectivity index is 2.38. The molecular weight excluding hydrogens is 296 g/mol. The minimum atomic E-state index is -0.439. The highest BCUT2D eigenvalue weighted by Crippen LogP contribution is 2.21. The van der Waals surface area contributed by atoms with Crippen LogP contribution in [-0.4, -0.2) is 18.2 Å². The third kappa shape index (κ3) is 5.54. The molecule has 0 atom stereocenters. The fourth-order valence-corrected chi connectivity index (χ4v) is 1.60. The van der Waals surface area contributed by atoms with E-state index in [4.69, 9.17) is 9.47 Å². The van der Waals surface area contributed by atoms with Crippen molar-refractivity contribution in [3.63, 3.8) is 0 Å². The van der Waals surface area contributed by atoms with Crippen LogP contribution in [0.3, 0.4) is 0 Å². The Bertz CT molecular complexity index is 422. The smallest absolute Gasteiger partial charge is 0.309 e. The monoisotopic (exact) mass is 314 g/mol. The standard InChI is InChI=1S/C14H19BrO3/c1-10-9-11(5-6-12(10)15)17-8-7-13(16)18-14(2,3)4/h5-6,9H,7-8H2,1-4H3. The molecule has 0 bridgehead atoms. The van der Waals surface area contributed by atoms with E-state index in [0.717, 1.165) is 15.8 Å². The molecule has 0 spiro atoms. The van der Waals surface area contributed by atoms with Gasteiger partial charge in [-0.15, -0.1) is 0 Å². The SMILES string of the molecule is Cc1cc(OCCC(=O)OC(C)(C)C)ccc1Br. The highest BCUT2D eigenvalue weighted by atomic mass is 79.9. The van der Waals surface area contributed by atoms with Gasteiger partial charge >= 0.3 is 5.97 Å². The van der Waals surface area contributed by atoms with Crippen LogP contribution in [0.1, 0.15) is 32.8 Å². The summed E-state index contributed by atoms with van der Waals surface area (Å²) in [6.07, 6.45) is 0.256. The summed E-state index contributed by atoms with van der Waals surface area (Å²) in [5.74, 6) is 0.524. The minimum absolute atomic E-state index is 0.240. The molecule has 0 saturated carbocycles. The number of carbonyl (C=O) groups is 1. The molecule has 0 N–H and O–H groups in total. The van der Waals surface area contributed by atoms with Gasteiger partial charge in [-0.05, 0) is 51.5 Å². The maximum atomic E-state index is 11.5. The zero-order valence-electron chi connectivity index (χ0n) is 11.2. The first kappa shape index (κ1) is 15.0. The summed E-state index contributed by atoms with van der Waals surface area (Å²) in [4.78, 5) is 11.5. The summed E-state index contributed by atoms with van der Waals surface area (Å²) in [7, 11) is 0. The van der Waals surface area contributed by atoms with Crippen LogP contribution in [0, 0.1) is 6.92 Å². The Morgan fingerprint density at radius 2 is 2.00 bits per heavy atom. The lowest BCUT2D eigenvalue weighted by Gasteiger charge is -2.19. The molecule has 0 amide bonds. The third-order valence-electron chi connectivity index (χ3n) is 2.12. The van der Waals surface area contributed by atoms with Crippen molar-refractivity contribution in [1.82, 2.24) is 0 Å². The lowest BCUT2D eigenvalue weighted by molar-refractivity contribution is -0.155. The molecule has 0 aliphatic carbocycles. The van der Waals surface area contributed by atoms with E-state index in [-0.39, 0.29) is 12.4 Å². The normalized spacial score (nSPS) is 11.2. The lowest BCUT2D eigenvalue weighted by atomic mass is 10.2. The summed E-state index contributed by atoms with van der Waals surface area (Å²) in [5.41, 5.74) is 0.662. The van der Waals surface area contributed by atoms with Crippen LogP contribution in [0.5, 0.6) is 5.75 Å². The van der Waals surface area contributed by atoms with Gasteiger partial charge in [0, 0.05) is 4.47 Å². The highest BCUT2D eigenvalue weighted by Gasteiger charge is 2.15. The zero-order chi connectivity index (χ0) is 13.8. The number of carbonyl (C=O) groups excluding carboxylic acids is 1. The molecule has 4 heteroatoms. The van der Waals surface area contributed by atoms with Crippen LogP contribution in [-0.2, 0) is 9.53 Å². The number of rotatable bonds is 4. The van der Waals surface area contributed by atoms with Crippen LogP contribution in [0.4, 0.5) is 0 Å². The van der Waals surface area contributed by atoms with Crippen molar-refractivity contribution in [3.05, 3.63) is 28.2 Å². The molecule has 0 saturated heterocycles. The van der Waals surface area contributed by atoms with Crippen LogP contribution >= 0.6 is 15.9 Å². The molecule has 1 aromatic carbocycles. The maximum Gasteiger partial charge on any atom is 0.309 e. The molecule has 18 heavy (non-hydrogen) atoms. The van der Waals surface area contributed by atoms with Crippen molar-refractivity contribution in [2.24, 2.45) is 0 Å². The Hall–Kier alpha value is -1.03. The van der Waals surface area contributed by atoms with Crippen LogP contribution in [0.2, 0.25) is 0 Å². The predicted octanol–water partition coefficient (Wildman–Crippen LogP) is 3.87. The molecule has 0 unspecified atom stereocenters. The number of ether oxygens (including phenoxy) is 2. The van der Waals surface area contributed by atoms with Crippen molar-refractivity contribution < 1.29 is 14.3 Å². The van der Waals surface area contributed by atoms with E-state index in [1.807, 2.05) is 45.9 Å². The van der Waals surface area contributed by atoms with Gasteiger partial charge in [-0.3, -0.25) is 4.79 Å². The predicted molar refractivity (Wildman–Crippen MR) is 74.8 cm³/mol. The van der Waals surface area contributed by atoms with Gasteiger partial charge in [0.1, 0.15) is 11.4 Å². The molecule has 1 aromatic rings. The van der Waals surface area contributed by atoms with Gasteiger partial charge in [0.15, 0.2) is 0 Å². The first-order chi connectivity index (χ1) is 8.28. The topological polar surface area (TPSA) is 35.5 Å². The quantitative estimate of drug-likeness (QED) is 0.791. The molecule has 1 rings (SSSR count). The summed E-state index contributed by atoms with van der Waals surface area (Å²) in [6.45, 7) is 7.87. The van der Waals surface area contributed by atoms with Gasteiger partial charge in [-0.25, -0.2) is 0 Å². The van der Waals surface area contributed by atoms with Crippen LogP contribution < -0.4 is 4.74 Å². The second-order valence-electron chi connectivity index (χ2n) is 5.10. The Kier molecular flexibility index (Phi) is 5.20. The van der Waals surface area contributed by atoms with Gasteiger partial charge in [-0.1, -0.05) is 15.9 Å². The second-order valence-corrected chi connectivity index (χ2v) is 5.95. The number of benzene rings is 1. The molecule has 100 valence electrons. The molecule has 3 nitrogen and oxygen atoms in total. The largest absolute Gasteiger partial charge is 0.493 e. The van der Waals surface area contributed by atoms with Gasteiger partial charge in [0.25, 0.3) is 0 Å². The summed E-state index contributed by atoms with van der Waals surface area (Å²) >= 11 is 3.42. The van der Waals surface area contributed by atoms with E-state index in [2.05, 4.69) is 15.9 Å². The first-order valence-corrected chi connectivity index (χ1v) is 6.68.